The first-order chi connectivity index (χ1) is 2.91. The van der Waals surface area contributed by atoms with Crippen molar-refractivity contribution in [3.63, 3.8) is 0 Å². The van der Waals surface area contributed by atoms with Gasteiger partial charge in [0.05, 0.1) is 0 Å². The molecule has 0 aliphatic rings. The van der Waals surface area contributed by atoms with E-state index in [1.165, 1.54) is 25.7 Å². The average molecular weight is 108 g/mol. The van der Waals surface area contributed by atoms with Crippen molar-refractivity contribution in [1.29, 1.82) is 0 Å². The molecule has 1 heteroatoms. The van der Waals surface area contributed by atoms with Crippen molar-refractivity contribution in [2.24, 2.45) is 0 Å². The van der Waals surface area contributed by atoms with Crippen molar-refractivity contribution < 1.29 is 18.9 Å². The van der Waals surface area contributed by atoms with E-state index in [0.717, 1.165) is 0 Å². The second-order valence-electron chi connectivity index (χ2n) is 1.71. The maximum atomic E-state index is 2.23. The summed E-state index contributed by atoms with van der Waals surface area (Å²) in [7, 11) is 0. The molecule has 0 rings (SSSR count). The van der Waals surface area contributed by atoms with Gasteiger partial charge in [0, 0.05) is 0 Å². The van der Waals surface area contributed by atoms with Crippen LogP contribution in [0.15, 0.2) is 0 Å². The van der Waals surface area contributed by atoms with E-state index in [1.54, 1.807) is 0 Å². The summed E-state index contributed by atoms with van der Waals surface area (Å²) in [5.41, 5.74) is 0. The average Bonchev–Trinajstić information content (AvgIpc) is 1.61. The molecule has 0 unspecified atom stereocenters. The molecule has 8 heavy (non-hydrogen) atoms. The zero-order valence-electron chi connectivity index (χ0n) is 6.83. The fraction of sp³-hybridized carbons (Fsp3) is 0.857. The summed E-state index contributed by atoms with van der Waals surface area (Å²) < 4.78 is 0. The summed E-state index contributed by atoms with van der Waals surface area (Å²) >= 11 is 0. The van der Waals surface area contributed by atoms with Crippen molar-refractivity contribution in [3.05, 3.63) is 7.43 Å². The molecule has 0 N–H and O–H groups in total. The van der Waals surface area contributed by atoms with E-state index in [2.05, 4.69) is 13.8 Å². The first-order valence-electron chi connectivity index (χ1n) is 2.91. The van der Waals surface area contributed by atoms with Crippen LogP contribution < -0.4 is 18.9 Å². The number of hydrogen-bond donors (Lipinski definition) is 0. The second-order valence-corrected chi connectivity index (χ2v) is 1.71. The van der Waals surface area contributed by atoms with Crippen molar-refractivity contribution >= 4 is 0 Å². The van der Waals surface area contributed by atoms with Crippen LogP contribution in [0.1, 0.15) is 39.5 Å². The Hall–Kier alpha value is 0.597. The van der Waals surface area contributed by atoms with Gasteiger partial charge < -0.3 is 7.43 Å². The number of hydrogen-bond acceptors (Lipinski definition) is 0. The number of rotatable bonds is 3. The van der Waals surface area contributed by atoms with E-state index in [4.69, 9.17) is 0 Å². The Bertz CT molecular complexity index is 16.3. The molecular formula is C7H17Li. The summed E-state index contributed by atoms with van der Waals surface area (Å²) in [5, 5.41) is 0. The van der Waals surface area contributed by atoms with Crippen LogP contribution in [0.5, 0.6) is 0 Å². The Labute approximate surface area is 66.2 Å². The minimum absolute atomic E-state index is 0. The molecule has 0 atom stereocenters. The predicted molar refractivity (Wildman–Crippen MR) is 36.2 cm³/mol. The zero-order chi connectivity index (χ0) is 4.83. The first-order valence-corrected chi connectivity index (χ1v) is 2.91. The third-order valence-corrected chi connectivity index (χ3v) is 0.957. The second kappa shape index (κ2) is 15.6. The van der Waals surface area contributed by atoms with Gasteiger partial charge in [0.2, 0.25) is 0 Å². The van der Waals surface area contributed by atoms with Crippen LogP contribution >= 0.6 is 0 Å². The summed E-state index contributed by atoms with van der Waals surface area (Å²) in [6, 6.07) is 0. The Kier molecular flexibility index (Phi) is 31.0. The van der Waals surface area contributed by atoms with E-state index in [0.29, 0.717) is 0 Å². The Balaban J connectivity index is -0.000000125. The largest absolute Gasteiger partial charge is 1.00 e. The van der Waals surface area contributed by atoms with Crippen molar-refractivity contribution in [2.45, 2.75) is 39.5 Å². The van der Waals surface area contributed by atoms with Gasteiger partial charge in [-0.3, -0.25) is 0 Å². The summed E-state index contributed by atoms with van der Waals surface area (Å²) in [6.45, 7) is 4.46. The van der Waals surface area contributed by atoms with Crippen molar-refractivity contribution in [1.82, 2.24) is 0 Å². The van der Waals surface area contributed by atoms with E-state index in [-0.39, 0.29) is 26.3 Å². The van der Waals surface area contributed by atoms with Gasteiger partial charge in [0.25, 0.3) is 0 Å². The van der Waals surface area contributed by atoms with Crippen LogP contribution in [0.4, 0.5) is 0 Å². The Morgan fingerprint density at radius 3 is 1.25 bits per heavy atom. The van der Waals surface area contributed by atoms with Gasteiger partial charge >= 0.3 is 18.9 Å². The van der Waals surface area contributed by atoms with Gasteiger partial charge in [-0.2, -0.15) is 0 Å². The molecule has 0 aliphatic heterocycles. The molecular weight excluding hydrogens is 91.0 g/mol. The molecule has 0 spiro atoms. The SMILES string of the molecule is CCCCCC.[CH3-].[Li+]. The fourth-order valence-corrected chi connectivity index (χ4v) is 0.500. The summed E-state index contributed by atoms with van der Waals surface area (Å²) in [4.78, 5) is 0. The Morgan fingerprint density at radius 1 is 0.875 bits per heavy atom. The molecule has 46 valence electrons. The van der Waals surface area contributed by atoms with Gasteiger partial charge in [-0.25, -0.2) is 0 Å². The predicted octanol–water partition coefficient (Wildman–Crippen LogP) is 0.0409. The van der Waals surface area contributed by atoms with Gasteiger partial charge in [-0.15, -0.1) is 0 Å². The maximum Gasteiger partial charge on any atom is 1.00 e. The minimum Gasteiger partial charge on any atom is -0.358 e. The van der Waals surface area contributed by atoms with Crippen molar-refractivity contribution in [3.8, 4) is 0 Å². The molecule has 0 heterocycles. The smallest absolute Gasteiger partial charge is 0.358 e. The fourth-order valence-electron chi connectivity index (χ4n) is 0.500. The molecule has 0 aromatic rings. The quantitative estimate of drug-likeness (QED) is 0.272. The molecule has 0 aliphatic carbocycles. The van der Waals surface area contributed by atoms with Crippen LogP contribution in [0.3, 0.4) is 0 Å². The van der Waals surface area contributed by atoms with Crippen LogP contribution in [-0.4, -0.2) is 0 Å². The first kappa shape index (κ1) is 15.8. The van der Waals surface area contributed by atoms with Crippen LogP contribution in [0, 0.1) is 7.43 Å². The van der Waals surface area contributed by atoms with E-state index >= 15 is 0 Å². The van der Waals surface area contributed by atoms with E-state index in [9.17, 15) is 0 Å². The van der Waals surface area contributed by atoms with Crippen LogP contribution in [0.25, 0.3) is 0 Å². The molecule has 0 saturated heterocycles. The maximum absolute atomic E-state index is 2.23. The molecule has 0 amide bonds. The normalized spacial score (nSPS) is 6.75. The Morgan fingerprint density at radius 2 is 1.12 bits per heavy atom. The standard InChI is InChI=1S/C6H14.CH3.Li/c1-3-5-6-4-2;;/h3-6H2,1-2H3;1H3;/q;-1;+1. The van der Waals surface area contributed by atoms with Crippen LogP contribution in [0.2, 0.25) is 0 Å². The third kappa shape index (κ3) is 16.0. The molecule has 0 aromatic heterocycles. The molecule has 0 fully saturated rings. The zero-order valence-corrected chi connectivity index (χ0v) is 6.83. The summed E-state index contributed by atoms with van der Waals surface area (Å²) in [5.74, 6) is 0. The molecule has 0 saturated carbocycles. The van der Waals surface area contributed by atoms with Gasteiger partial charge in [-0.1, -0.05) is 39.5 Å². The van der Waals surface area contributed by atoms with Crippen molar-refractivity contribution in [2.75, 3.05) is 0 Å². The third-order valence-electron chi connectivity index (χ3n) is 0.957. The van der Waals surface area contributed by atoms with E-state index < -0.39 is 0 Å². The molecule has 0 bridgehead atoms. The summed E-state index contributed by atoms with van der Waals surface area (Å²) in [6.07, 6.45) is 5.54. The molecule has 0 aromatic carbocycles. The minimum atomic E-state index is 0. The van der Waals surface area contributed by atoms with Gasteiger partial charge in [-0.05, 0) is 0 Å². The number of unbranched alkanes of at least 4 members (excludes halogenated alkanes) is 3. The molecule has 0 nitrogen and oxygen atoms in total. The van der Waals surface area contributed by atoms with E-state index in [1.807, 2.05) is 0 Å². The monoisotopic (exact) mass is 108 g/mol. The van der Waals surface area contributed by atoms with Gasteiger partial charge in [0.15, 0.2) is 0 Å². The van der Waals surface area contributed by atoms with Crippen LogP contribution in [-0.2, 0) is 0 Å². The topological polar surface area (TPSA) is 0 Å². The van der Waals surface area contributed by atoms with Gasteiger partial charge in [0.1, 0.15) is 0 Å². The molecule has 0 radical (unpaired) electrons.